The van der Waals surface area contributed by atoms with Gasteiger partial charge in [0.15, 0.2) is 0 Å². The van der Waals surface area contributed by atoms with Crippen molar-refractivity contribution in [3.05, 3.63) is 71.5 Å². The first-order valence-electron chi connectivity index (χ1n) is 6.34. The van der Waals surface area contributed by atoms with Crippen LogP contribution in [0.5, 0.6) is 0 Å². The minimum absolute atomic E-state index is 0.133. The van der Waals surface area contributed by atoms with Gasteiger partial charge in [0, 0.05) is 5.88 Å². The van der Waals surface area contributed by atoms with Crippen molar-refractivity contribution in [2.45, 2.75) is 12.5 Å². The van der Waals surface area contributed by atoms with Gasteiger partial charge in [0.05, 0.1) is 12.5 Å². The van der Waals surface area contributed by atoms with Gasteiger partial charge in [-0.05, 0) is 23.3 Å². The second-order valence-electron chi connectivity index (χ2n) is 4.49. The molecule has 0 bridgehead atoms. The number of nitrogens with one attached hydrogen (secondary N) is 1. The predicted molar refractivity (Wildman–Crippen MR) is 78.1 cm³/mol. The fraction of sp³-hybridized carbons (Fsp3) is 0.188. The summed E-state index contributed by atoms with van der Waals surface area (Å²) in [5.41, 5.74) is 1.74. The number of benzene rings is 2. The summed E-state index contributed by atoms with van der Waals surface area (Å²) < 4.78 is 12.8. The highest BCUT2D eigenvalue weighted by Crippen LogP contribution is 2.14. The molecule has 0 spiro atoms. The maximum atomic E-state index is 12.8. The second kappa shape index (κ2) is 7.06. The van der Waals surface area contributed by atoms with Crippen LogP contribution in [0.1, 0.15) is 17.2 Å². The zero-order chi connectivity index (χ0) is 14.4. The zero-order valence-electron chi connectivity index (χ0n) is 10.9. The van der Waals surface area contributed by atoms with Gasteiger partial charge in [0.1, 0.15) is 5.82 Å². The van der Waals surface area contributed by atoms with Gasteiger partial charge in [-0.3, -0.25) is 4.79 Å². The first-order chi connectivity index (χ1) is 9.69. The molecule has 0 aliphatic carbocycles. The molecule has 0 saturated heterocycles. The van der Waals surface area contributed by atoms with Gasteiger partial charge in [-0.15, -0.1) is 11.6 Å². The van der Waals surface area contributed by atoms with Crippen molar-refractivity contribution in [2.24, 2.45) is 0 Å². The average Bonchev–Trinajstić information content (AvgIpc) is 2.48. The summed E-state index contributed by atoms with van der Waals surface area (Å²) in [5, 5.41) is 2.88. The summed E-state index contributed by atoms with van der Waals surface area (Å²) in [5.74, 6) is -0.137. The molecule has 2 aromatic rings. The third-order valence-corrected chi connectivity index (χ3v) is 3.28. The van der Waals surface area contributed by atoms with Gasteiger partial charge in [-0.25, -0.2) is 4.39 Å². The lowest BCUT2D eigenvalue weighted by Gasteiger charge is -2.16. The van der Waals surface area contributed by atoms with E-state index in [9.17, 15) is 9.18 Å². The molecule has 0 aliphatic rings. The molecule has 2 rings (SSSR count). The van der Waals surface area contributed by atoms with Crippen LogP contribution in [0, 0.1) is 5.82 Å². The Labute approximate surface area is 122 Å². The van der Waals surface area contributed by atoms with Crippen molar-refractivity contribution in [1.29, 1.82) is 0 Å². The maximum absolute atomic E-state index is 12.8. The van der Waals surface area contributed by atoms with E-state index < -0.39 is 0 Å². The van der Waals surface area contributed by atoms with Crippen molar-refractivity contribution >= 4 is 17.5 Å². The Morgan fingerprint density at radius 1 is 1.10 bits per heavy atom. The van der Waals surface area contributed by atoms with E-state index in [1.54, 1.807) is 12.1 Å². The van der Waals surface area contributed by atoms with Crippen LogP contribution >= 0.6 is 11.6 Å². The molecule has 20 heavy (non-hydrogen) atoms. The maximum Gasteiger partial charge on any atom is 0.224 e. The summed E-state index contributed by atoms with van der Waals surface area (Å²) in [4.78, 5) is 12.0. The lowest BCUT2D eigenvalue weighted by Crippen LogP contribution is -2.30. The zero-order valence-corrected chi connectivity index (χ0v) is 11.6. The van der Waals surface area contributed by atoms with Crippen molar-refractivity contribution in [1.82, 2.24) is 5.32 Å². The molecular formula is C16H15ClFNO. The molecule has 1 amide bonds. The van der Waals surface area contributed by atoms with Crippen LogP contribution in [0.3, 0.4) is 0 Å². The number of rotatable bonds is 5. The van der Waals surface area contributed by atoms with E-state index in [1.807, 2.05) is 30.3 Å². The van der Waals surface area contributed by atoms with Crippen LogP contribution in [0.4, 0.5) is 4.39 Å². The summed E-state index contributed by atoms with van der Waals surface area (Å²) in [6.45, 7) is 0. The van der Waals surface area contributed by atoms with Gasteiger partial charge in [0.2, 0.25) is 5.91 Å². The SMILES string of the molecule is O=C(Cc1ccc(F)cc1)NC(CCl)c1ccccc1. The molecule has 2 aromatic carbocycles. The van der Waals surface area contributed by atoms with Crippen molar-refractivity contribution in [3.8, 4) is 0 Å². The van der Waals surface area contributed by atoms with Crippen molar-refractivity contribution in [3.63, 3.8) is 0 Å². The molecule has 4 heteroatoms. The molecule has 1 unspecified atom stereocenters. The standard InChI is InChI=1S/C16H15ClFNO/c17-11-15(13-4-2-1-3-5-13)19-16(20)10-12-6-8-14(18)9-7-12/h1-9,15H,10-11H2,(H,19,20). The quantitative estimate of drug-likeness (QED) is 0.840. The molecule has 104 valence electrons. The van der Waals surface area contributed by atoms with Crippen LogP contribution in [0.15, 0.2) is 54.6 Å². The molecule has 1 atom stereocenters. The molecule has 2 nitrogen and oxygen atoms in total. The van der Waals surface area contributed by atoms with Crippen LogP contribution in [-0.2, 0) is 11.2 Å². The minimum atomic E-state index is -0.308. The molecule has 0 fully saturated rings. The molecule has 0 aromatic heterocycles. The van der Waals surface area contributed by atoms with Crippen LogP contribution in [0.25, 0.3) is 0 Å². The first kappa shape index (κ1) is 14.5. The van der Waals surface area contributed by atoms with Gasteiger partial charge in [-0.1, -0.05) is 42.5 Å². The largest absolute Gasteiger partial charge is 0.348 e. The highest BCUT2D eigenvalue weighted by molar-refractivity contribution is 6.18. The number of carbonyl (C=O) groups excluding carboxylic acids is 1. The molecular weight excluding hydrogens is 277 g/mol. The van der Waals surface area contributed by atoms with Gasteiger partial charge in [-0.2, -0.15) is 0 Å². The molecule has 0 aliphatic heterocycles. The normalized spacial score (nSPS) is 11.9. The Kier molecular flexibility index (Phi) is 5.13. The average molecular weight is 292 g/mol. The summed E-state index contributed by atoms with van der Waals surface area (Å²) in [7, 11) is 0. The van der Waals surface area contributed by atoms with Crippen LogP contribution in [-0.4, -0.2) is 11.8 Å². The number of carbonyl (C=O) groups is 1. The molecule has 1 N–H and O–H groups in total. The van der Waals surface area contributed by atoms with E-state index in [1.165, 1.54) is 12.1 Å². The first-order valence-corrected chi connectivity index (χ1v) is 6.87. The highest BCUT2D eigenvalue weighted by Gasteiger charge is 2.13. The van der Waals surface area contributed by atoms with Crippen molar-refractivity contribution in [2.75, 3.05) is 5.88 Å². The third-order valence-electron chi connectivity index (χ3n) is 2.97. The Morgan fingerprint density at radius 2 is 1.75 bits per heavy atom. The van der Waals surface area contributed by atoms with Gasteiger partial charge >= 0.3 is 0 Å². The lowest BCUT2D eigenvalue weighted by molar-refractivity contribution is -0.121. The fourth-order valence-electron chi connectivity index (χ4n) is 1.93. The predicted octanol–water partition coefficient (Wildman–Crippen LogP) is 3.46. The van der Waals surface area contributed by atoms with Crippen LogP contribution in [0.2, 0.25) is 0 Å². The Bertz CT molecular complexity index is 556. The van der Waals surface area contributed by atoms with Gasteiger partial charge in [0.25, 0.3) is 0 Å². The molecule has 0 heterocycles. The summed E-state index contributed by atoms with van der Waals surface area (Å²) >= 11 is 5.91. The third kappa shape index (κ3) is 4.07. The summed E-state index contributed by atoms with van der Waals surface area (Å²) in [6, 6.07) is 15.2. The number of hydrogen-bond acceptors (Lipinski definition) is 1. The van der Waals surface area contributed by atoms with E-state index >= 15 is 0 Å². The highest BCUT2D eigenvalue weighted by atomic mass is 35.5. The lowest BCUT2D eigenvalue weighted by atomic mass is 10.1. The van der Waals surface area contributed by atoms with E-state index in [2.05, 4.69) is 5.32 Å². The van der Waals surface area contributed by atoms with Crippen LogP contribution < -0.4 is 5.32 Å². The van der Waals surface area contributed by atoms with E-state index in [0.717, 1.165) is 11.1 Å². The Hall–Kier alpha value is -1.87. The topological polar surface area (TPSA) is 29.1 Å². The fourth-order valence-corrected chi connectivity index (χ4v) is 2.18. The smallest absolute Gasteiger partial charge is 0.224 e. The number of amides is 1. The van der Waals surface area contributed by atoms with E-state index in [-0.39, 0.29) is 24.2 Å². The molecule has 0 saturated carbocycles. The van der Waals surface area contributed by atoms with Gasteiger partial charge < -0.3 is 5.32 Å². The monoisotopic (exact) mass is 291 g/mol. The molecule has 0 radical (unpaired) electrons. The van der Waals surface area contributed by atoms with E-state index in [0.29, 0.717) is 5.88 Å². The Balaban J connectivity index is 1.97. The minimum Gasteiger partial charge on any atom is -0.348 e. The van der Waals surface area contributed by atoms with Crippen molar-refractivity contribution < 1.29 is 9.18 Å². The van der Waals surface area contributed by atoms with E-state index in [4.69, 9.17) is 11.6 Å². The number of alkyl halides is 1. The summed E-state index contributed by atoms with van der Waals surface area (Å²) in [6.07, 6.45) is 0.209. The number of halogens is 2. The Morgan fingerprint density at radius 3 is 2.35 bits per heavy atom. The second-order valence-corrected chi connectivity index (χ2v) is 4.80. The number of hydrogen-bond donors (Lipinski definition) is 1.